The van der Waals surface area contributed by atoms with Crippen LogP contribution in [0.1, 0.15) is 18.4 Å². The standard InChI is InChI=1S/C18H21N3O2/c1-23-16-4-2-13(3-5-16)15(11-19)10-18(22)20-17-12-21-8-6-14(17)7-9-21/h2-5,10,14,17H,6-9,12H2,1H3,(H,20,22). The minimum atomic E-state index is -0.184. The number of rotatable bonds is 4. The summed E-state index contributed by atoms with van der Waals surface area (Å²) in [6, 6.07) is 9.45. The van der Waals surface area contributed by atoms with Crippen LogP contribution in [0.3, 0.4) is 0 Å². The molecule has 0 saturated carbocycles. The van der Waals surface area contributed by atoms with Gasteiger partial charge in [-0.3, -0.25) is 4.79 Å². The molecule has 3 aliphatic rings. The van der Waals surface area contributed by atoms with Crippen LogP contribution in [0.2, 0.25) is 0 Å². The summed E-state index contributed by atoms with van der Waals surface area (Å²) in [5.41, 5.74) is 1.09. The molecular formula is C18H21N3O2. The Balaban J connectivity index is 1.68. The Morgan fingerprint density at radius 1 is 1.35 bits per heavy atom. The van der Waals surface area contributed by atoms with Gasteiger partial charge in [0.1, 0.15) is 5.75 Å². The van der Waals surface area contributed by atoms with Crippen LogP contribution in [0.25, 0.3) is 5.57 Å². The second-order valence-corrected chi connectivity index (χ2v) is 6.15. The molecule has 5 nitrogen and oxygen atoms in total. The molecule has 3 fully saturated rings. The number of ether oxygens (including phenoxy) is 1. The summed E-state index contributed by atoms with van der Waals surface area (Å²) in [4.78, 5) is 14.7. The Kier molecular flexibility index (Phi) is 4.63. The summed E-state index contributed by atoms with van der Waals surface area (Å²) >= 11 is 0. The van der Waals surface area contributed by atoms with Gasteiger partial charge in [0, 0.05) is 18.7 Å². The van der Waals surface area contributed by atoms with Crippen LogP contribution < -0.4 is 10.1 Å². The quantitative estimate of drug-likeness (QED) is 0.680. The number of methoxy groups -OCH3 is 1. The number of amides is 1. The van der Waals surface area contributed by atoms with Crippen LogP contribution in [0.5, 0.6) is 5.75 Å². The van der Waals surface area contributed by atoms with Crippen molar-refractivity contribution < 1.29 is 9.53 Å². The Labute approximate surface area is 136 Å². The van der Waals surface area contributed by atoms with Crippen molar-refractivity contribution in [3.8, 4) is 11.8 Å². The lowest BCUT2D eigenvalue weighted by Gasteiger charge is -2.44. The largest absolute Gasteiger partial charge is 0.497 e. The highest BCUT2D eigenvalue weighted by Crippen LogP contribution is 2.27. The number of fused-ring (bicyclic) bond motifs is 3. The molecule has 1 N–H and O–H groups in total. The number of carbonyl (C=O) groups is 1. The van der Waals surface area contributed by atoms with Crippen LogP contribution >= 0.6 is 0 Å². The topological polar surface area (TPSA) is 65.4 Å². The predicted molar refractivity (Wildman–Crippen MR) is 87.7 cm³/mol. The minimum absolute atomic E-state index is 0.184. The van der Waals surface area contributed by atoms with Crippen molar-refractivity contribution in [2.24, 2.45) is 5.92 Å². The van der Waals surface area contributed by atoms with Crippen molar-refractivity contribution in [1.82, 2.24) is 10.2 Å². The molecule has 0 aromatic heterocycles. The summed E-state index contributed by atoms with van der Waals surface area (Å²) in [6.45, 7) is 3.21. The molecule has 0 aliphatic carbocycles. The van der Waals surface area contributed by atoms with Crippen molar-refractivity contribution in [3.63, 3.8) is 0 Å². The van der Waals surface area contributed by atoms with Crippen molar-refractivity contribution >= 4 is 11.5 Å². The number of piperidine rings is 3. The van der Waals surface area contributed by atoms with Crippen LogP contribution in [0.4, 0.5) is 0 Å². The Morgan fingerprint density at radius 2 is 2.04 bits per heavy atom. The number of nitrogens with zero attached hydrogens (tertiary/aromatic N) is 2. The molecule has 3 heterocycles. The molecule has 23 heavy (non-hydrogen) atoms. The van der Waals surface area contributed by atoms with E-state index in [4.69, 9.17) is 4.74 Å². The molecule has 5 heteroatoms. The number of carbonyl (C=O) groups excluding carboxylic acids is 1. The van der Waals surface area contributed by atoms with E-state index in [1.54, 1.807) is 31.4 Å². The zero-order valence-electron chi connectivity index (χ0n) is 13.3. The SMILES string of the molecule is COc1ccc(C(C#N)=CC(=O)NC2CN3CCC2CC3)cc1. The normalized spacial score (nSPS) is 26.4. The van der Waals surface area contributed by atoms with Gasteiger partial charge in [-0.25, -0.2) is 0 Å². The first-order valence-electron chi connectivity index (χ1n) is 7.98. The smallest absolute Gasteiger partial charge is 0.245 e. The van der Waals surface area contributed by atoms with Crippen LogP contribution in [0, 0.1) is 17.2 Å². The summed E-state index contributed by atoms with van der Waals surface area (Å²) in [7, 11) is 1.59. The Bertz CT molecular complexity index is 637. The number of nitriles is 1. The van der Waals surface area contributed by atoms with Gasteiger partial charge >= 0.3 is 0 Å². The third-order valence-electron chi connectivity index (χ3n) is 4.78. The first kappa shape index (κ1) is 15.6. The van der Waals surface area contributed by atoms with Gasteiger partial charge in [-0.1, -0.05) is 0 Å². The predicted octanol–water partition coefficient (Wildman–Crippen LogP) is 1.81. The fourth-order valence-electron chi connectivity index (χ4n) is 3.43. The van der Waals surface area contributed by atoms with E-state index < -0.39 is 0 Å². The van der Waals surface area contributed by atoms with Gasteiger partial charge in [0.15, 0.2) is 0 Å². The van der Waals surface area contributed by atoms with E-state index in [2.05, 4.69) is 16.3 Å². The molecule has 3 aliphatic heterocycles. The Morgan fingerprint density at radius 3 is 2.57 bits per heavy atom. The minimum Gasteiger partial charge on any atom is -0.497 e. The molecule has 3 saturated heterocycles. The molecule has 120 valence electrons. The summed E-state index contributed by atoms with van der Waals surface area (Å²) in [5, 5.41) is 12.4. The summed E-state index contributed by atoms with van der Waals surface area (Å²) in [6.07, 6.45) is 3.70. The van der Waals surface area contributed by atoms with Crippen LogP contribution in [0.15, 0.2) is 30.3 Å². The first-order chi connectivity index (χ1) is 11.2. The molecule has 2 bridgehead atoms. The lowest BCUT2D eigenvalue weighted by atomic mass is 9.84. The van der Waals surface area contributed by atoms with Crippen molar-refractivity contribution in [1.29, 1.82) is 5.26 Å². The number of allylic oxidation sites excluding steroid dienone is 1. The number of benzene rings is 1. The van der Waals surface area contributed by atoms with Crippen LogP contribution in [-0.4, -0.2) is 43.6 Å². The van der Waals surface area contributed by atoms with E-state index in [0.717, 1.165) is 43.8 Å². The molecule has 1 aromatic rings. The lowest BCUT2D eigenvalue weighted by Crippen LogP contribution is -2.57. The Hall–Kier alpha value is -2.32. The van der Waals surface area contributed by atoms with Gasteiger partial charge in [0.2, 0.25) is 5.91 Å². The van der Waals surface area contributed by atoms with E-state index in [1.165, 1.54) is 6.08 Å². The maximum Gasteiger partial charge on any atom is 0.245 e. The summed E-state index contributed by atoms with van der Waals surface area (Å²) < 4.78 is 5.11. The molecule has 1 aromatic carbocycles. The average molecular weight is 311 g/mol. The van der Waals surface area contributed by atoms with E-state index in [-0.39, 0.29) is 11.9 Å². The molecule has 1 atom stereocenters. The maximum absolute atomic E-state index is 12.3. The van der Waals surface area contributed by atoms with Crippen molar-refractivity contribution in [2.45, 2.75) is 18.9 Å². The number of nitrogens with one attached hydrogen (secondary N) is 1. The first-order valence-corrected chi connectivity index (χ1v) is 7.98. The number of hydrogen-bond acceptors (Lipinski definition) is 4. The van der Waals surface area contributed by atoms with Crippen LogP contribution in [-0.2, 0) is 4.79 Å². The molecule has 4 rings (SSSR count). The van der Waals surface area contributed by atoms with Crippen molar-refractivity contribution in [3.05, 3.63) is 35.9 Å². The van der Waals surface area contributed by atoms with Gasteiger partial charge in [0.25, 0.3) is 0 Å². The molecule has 0 spiro atoms. The third kappa shape index (κ3) is 3.54. The average Bonchev–Trinajstić information content (AvgIpc) is 2.61. The third-order valence-corrected chi connectivity index (χ3v) is 4.78. The van der Waals surface area contributed by atoms with Crippen molar-refractivity contribution in [2.75, 3.05) is 26.7 Å². The molecule has 0 radical (unpaired) electrons. The van der Waals surface area contributed by atoms with Gasteiger partial charge in [-0.2, -0.15) is 5.26 Å². The van der Waals surface area contributed by atoms with E-state index >= 15 is 0 Å². The second-order valence-electron chi connectivity index (χ2n) is 6.15. The van der Waals surface area contributed by atoms with Gasteiger partial charge in [0.05, 0.1) is 18.8 Å². The monoisotopic (exact) mass is 311 g/mol. The molecule has 1 unspecified atom stereocenters. The molecular weight excluding hydrogens is 290 g/mol. The fourth-order valence-corrected chi connectivity index (χ4v) is 3.43. The zero-order valence-corrected chi connectivity index (χ0v) is 13.3. The molecule has 1 amide bonds. The lowest BCUT2D eigenvalue weighted by molar-refractivity contribution is -0.118. The van der Waals surface area contributed by atoms with E-state index in [9.17, 15) is 10.1 Å². The highest BCUT2D eigenvalue weighted by molar-refractivity contribution is 5.98. The maximum atomic E-state index is 12.3. The van der Waals surface area contributed by atoms with E-state index in [1.807, 2.05) is 0 Å². The van der Waals surface area contributed by atoms with E-state index in [0.29, 0.717) is 11.5 Å². The highest BCUT2D eigenvalue weighted by atomic mass is 16.5. The highest BCUT2D eigenvalue weighted by Gasteiger charge is 2.34. The fraction of sp³-hybridized carbons (Fsp3) is 0.444. The summed E-state index contributed by atoms with van der Waals surface area (Å²) in [5.74, 6) is 1.11. The zero-order chi connectivity index (χ0) is 16.2. The number of hydrogen-bond donors (Lipinski definition) is 1. The van der Waals surface area contributed by atoms with Gasteiger partial charge < -0.3 is 15.0 Å². The second kappa shape index (κ2) is 6.84. The van der Waals surface area contributed by atoms with Gasteiger partial charge in [-0.05, 0) is 61.7 Å². The van der Waals surface area contributed by atoms with Gasteiger partial charge in [-0.15, -0.1) is 0 Å².